The van der Waals surface area contributed by atoms with Gasteiger partial charge < -0.3 is 10.1 Å². The maximum Gasteiger partial charge on any atom is 0.274 e. The summed E-state index contributed by atoms with van der Waals surface area (Å²) >= 11 is 0. The Kier molecular flexibility index (Phi) is 6.90. The van der Waals surface area contributed by atoms with E-state index in [-0.39, 0.29) is 23.7 Å². The Morgan fingerprint density at radius 1 is 0.947 bits per heavy atom. The minimum Gasteiger partial charge on any atom is -0.489 e. The number of hydrogen-bond donors (Lipinski definition) is 1. The van der Waals surface area contributed by atoms with Crippen LogP contribution in [-0.2, 0) is 13.2 Å². The molecule has 1 N–H and O–H groups in total. The Bertz CT molecular complexity index is 1680. The van der Waals surface area contributed by atoms with Crippen molar-refractivity contribution in [3.8, 4) is 5.75 Å². The van der Waals surface area contributed by atoms with Crippen LogP contribution in [0.15, 0.2) is 108 Å². The van der Waals surface area contributed by atoms with Crippen LogP contribution >= 0.6 is 0 Å². The second-order valence-electron chi connectivity index (χ2n) is 8.55. The number of aromatic nitrogens is 2. The number of rotatable bonds is 8. The number of nitrogens with zero attached hydrogens (tertiary/aromatic N) is 3. The van der Waals surface area contributed by atoms with E-state index in [2.05, 4.69) is 10.3 Å². The molecule has 1 amide bonds. The number of para-hydroxylation sites is 1. The lowest BCUT2D eigenvalue weighted by Crippen LogP contribution is -2.22. The standard InChI is InChI=1S/C29H22N4O5/c34-28(31-23-11-13-24(14-12-23)38-18-20-6-2-1-3-7-20)21-10-15-25-26(16-21)30-19-32(29(25)35)17-22-8-4-5-9-27(22)33(36)37/h1-16,19H,17-18H2,(H,31,34). The van der Waals surface area contributed by atoms with Crippen LogP contribution in [-0.4, -0.2) is 20.4 Å². The van der Waals surface area contributed by atoms with Crippen LogP contribution < -0.4 is 15.6 Å². The van der Waals surface area contributed by atoms with E-state index in [4.69, 9.17) is 4.74 Å². The minimum absolute atomic E-state index is 0.00617. The van der Waals surface area contributed by atoms with Crippen LogP contribution in [0, 0.1) is 10.1 Å². The van der Waals surface area contributed by atoms with E-state index in [1.165, 1.54) is 23.0 Å². The van der Waals surface area contributed by atoms with Crippen molar-refractivity contribution in [3.05, 3.63) is 141 Å². The number of carbonyl (C=O) groups excluding carboxylic acids is 1. The molecule has 9 heteroatoms. The summed E-state index contributed by atoms with van der Waals surface area (Å²) in [5.41, 5.74) is 2.32. The SMILES string of the molecule is O=C(Nc1ccc(OCc2ccccc2)cc1)c1ccc2c(=O)n(Cc3ccccc3[N+](=O)[O-])cnc2c1. The van der Waals surface area contributed by atoms with Crippen LogP contribution in [0.3, 0.4) is 0 Å². The van der Waals surface area contributed by atoms with Gasteiger partial charge in [0.1, 0.15) is 12.4 Å². The second kappa shape index (κ2) is 10.8. The van der Waals surface area contributed by atoms with Gasteiger partial charge in [-0.2, -0.15) is 0 Å². The molecule has 0 atom stereocenters. The summed E-state index contributed by atoms with van der Waals surface area (Å²) < 4.78 is 7.09. The lowest BCUT2D eigenvalue weighted by molar-refractivity contribution is -0.385. The zero-order chi connectivity index (χ0) is 26.5. The van der Waals surface area contributed by atoms with Crippen LogP contribution in [0.1, 0.15) is 21.5 Å². The van der Waals surface area contributed by atoms with Gasteiger partial charge in [-0.3, -0.25) is 24.3 Å². The molecule has 0 spiro atoms. The summed E-state index contributed by atoms with van der Waals surface area (Å²) in [7, 11) is 0. The van der Waals surface area contributed by atoms with Gasteiger partial charge in [-0.25, -0.2) is 4.98 Å². The molecular weight excluding hydrogens is 484 g/mol. The molecule has 0 bridgehead atoms. The fourth-order valence-corrected chi connectivity index (χ4v) is 4.00. The minimum atomic E-state index is -0.481. The fraction of sp³-hybridized carbons (Fsp3) is 0.0690. The summed E-state index contributed by atoms with van der Waals surface area (Å²) in [5.74, 6) is 0.328. The summed E-state index contributed by atoms with van der Waals surface area (Å²) in [4.78, 5) is 41.0. The van der Waals surface area contributed by atoms with E-state index in [1.807, 2.05) is 30.3 Å². The van der Waals surface area contributed by atoms with Gasteiger partial charge in [0.15, 0.2) is 0 Å². The average Bonchev–Trinajstić information content (AvgIpc) is 2.94. The van der Waals surface area contributed by atoms with Crippen molar-refractivity contribution in [1.82, 2.24) is 9.55 Å². The van der Waals surface area contributed by atoms with Gasteiger partial charge in [0.05, 0.1) is 28.7 Å². The highest BCUT2D eigenvalue weighted by Gasteiger charge is 2.15. The van der Waals surface area contributed by atoms with Crippen molar-refractivity contribution < 1.29 is 14.5 Å². The number of nitro benzene ring substituents is 1. The molecule has 0 fully saturated rings. The number of fused-ring (bicyclic) bond motifs is 1. The van der Waals surface area contributed by atoms with Crippen LogP contribution in [0.2, 0.25) is 0 Å². The number of nitro groups is 1. The van der Waals surface area contributed by atoms with Gasteiger partial charge in [0, 0.05) is 22.9 Å². The van der Waals surface area contributed by atoms with Gasteiger partial charge in [-0.05, 0) is 48.0 Å². The number of carbonyl (C=O) groups is 1. The predicted octanol–water partition coefficient (Wildman–Crippen LogP) is 5.18. The first-order valence-corrected chi connectivity index (χ1v) is 11.8. The van der Waals surface area contributed by atoms with Crippen LogP contribution in [0.25, 0.3) is 10.9 Å². The van der Waals surface area contributed by atoms with Crippen molar-refractivity contribution in [2.75, 3.05) is 5.32 Å². The fourth-order valence-electron chi connectivity index (χ4n) is 4.00. The highest BCUT2D eigenvalue weighted by atomic mass is 16.6. The Labute approximate surface area is 217 Å². The van der Waals surface area contributed by atoms with E-state index in [0.717, 1.165) is 5.56 Å². The third-order valence-corrected chi connectivity index (χ3v) is 5.98. The zero-order valence-corrected chi connectivity index (χ0v) is 20.1. The Morgan fingerprint density at radius 2 is 1.68 bits per heavy atom. The number of nitrogens with one attached hydrogen (secondary N) is 1. The Hall–Kier alpha value is -5.31. The molecule has 0 radical (unpaired) electrons. The van der Waals surface area contributed by atoms with Crippen molar-refractivity contribution in [1.29, 1.82) is 0 Å². The van der Waals surface area contributed by atoms with Gasteiger partial charge in [0.25, 0.3) is 17.2 Å². The highest BCUT2D eigenvalue weighted by Crippen LogP contribution is 2.20. The molecule has 1 heterocycles. The van der Waals surface area contributed by atoms with Gasteiger partial charge in [0.2, 0.25) is 0 Å². The molecule has 0 saturated carbocycles. The Morgan fingerprint density at radius 3 is 2.45 bits per heavy atom. The van der Waals surface area contributed by atoms with Crippen molar-refractivity contribution in [3.63, 3.8) is 0 Å². The molecule has 9 nitrogen and oxygen atoms in total. The molecule has 4 aromatic carbocycles. The maximum absolute atomic E-state index is 13.0. The predicted molar refractivity (Wildman–Crippen MR) is 143 cm³/mol. The molecule has 188 valence electrons. The average molecular weight is 507 g/mol. The lowest BCUT2D eigenvalue weighted by atomic mass is 10.1. The molecule has 5 rings (SSSR count). The topological polar surface area (TPSA) is 116 Å². The van der Waals surface area contributed by atoms with E-state index in [1.54, 1.807) is 54.6 Å². The van der Waals surface area contributed by atoms with Gasteiger partial charge in [-0.15, -0.1) is 0 Å². The summed E-state index contributed by atoms with van der Waals surface area (Å²) in [5, 5.41) is 14.4. The first-order valence-electron chi connectivity index (χ1n) is 11.8. The van der Waals surface area contributed by atoms with Gasteiger partial charge in [-0.1, -0.05) is 48.5 Å². The lowest BCUT2D eigenvalue weighted by Gasteiger charge is -2.10. The number of anilines is 1. The molecule has 0 aliphatic heterocycles. The number of hydrogen-bond acceptors (Lipinski definition) is 6. The smallest absolute Gasteiger partial charge is 0.274 e. The molecule has 0 saturated heterocycles. The monoisotopic (exact) mass is 506 g/mol. The summed E-state index contributed by atoms with van der Waals surface area (Å²) in [6.45, 7) is 0.451. The van der Waals surface area contributed by atoms with Crippen molar-refractivity contribution in [2.45, 2.75) is 13.2 Å². The highest BCUT2D eigenvalue weighted by molar-refractivity contribution is 6.06. The van der Waals surface area contributed by atoms with E-state index >= 15 is 0 Å². The summed E-state index contributed by atoms with van der Waals surface area (Å²) in [6.07, 6.45) is 1.33. The van der Waals surface area contributed by atoms with Crippen molar-refractivity contribution >= 4 is 28.2 Å². The Balaban J connectivity index is 1.28. The molecule has 0 aliphatic rings. The molecule has 0 unspecified atom stereocenters. The van der Waals surface area contributed by atoms with Crippen LogP contribution in [0.4, 0.5) is 11.4 Å². The van der Waals surface area contributed by atoms with Gasteiger partial charge >= 0.3 is 0 Å². The number of benzene rings is 4. The van der Waals surface area contributed by atoms with E-state index in [9.17, 15) is 19.7 Å². The number of amides is 1. The maximum atomic E-state index is 13.0. The van der Waals surface area contributed by atoms with E-state index in [0.29, 0.717) is 40.1 Å². The molecule has 5 aromatic rings. The first-order chi connectivity index (χ1) is 18.5. The van der Waals surface area contributed by atoms with Crippen LogP contribution in [0.5, 0.6) is 5.75 Å². The molecular formula is C29H22N4O5. The normalized spacial score (nSPS) is 10.7. The molecule has 1 aromatic heterocycles. The largest absolute Gasteiger partial charge is 0.489 e. The summed E-state index contributed by atoms with van der Waals surface area (Å²) in [6, 6.07) is 27.7. The molecule has 38 heavy (non-hydrogen) atoms. The number of ether oxygens (including phenoxy) is 1. The second-order valence-corrected chi connectivity index (χ2v) is 8.55. The quantitative estimate of drug-likeness (QED) is 0.229. The third-order valence-electron chi connectivity index (χ3n) is 5.98. The third kappa shape index (κ3) is 5.41. The zero-order valence-electron chi connectivity index (χ0n) is 20.1. The first kappa shape index (κ1) is 24.4. The van der Waals surface area contributed by atoms with E-state index < -0.39 is 4.92 Å². The molecule has 0 aliphatic carbocycles. The van der Waals surface area contributed by atoms with Crippen molar-refractivity contribution in [2.24, 2.45) is 0 Å².